The van der Waals surface area contributed by atoms with Gasteiger partial charge in [0.1, 0.15) is 0 Å². The molecule has 1 atom stereocenters. The Kier molecular flexibility index (Phi) is 4.27. The van der Waals surface area contributed by atoms with Crippen LogP contribution in [-0.4, -0.2) is 21.0 Å². The van der Waals surface area contributed by atoms with Crippen molar-refractivity contribution >= 4 is 32.7 Å². The number of carbonyl (C=O) groups is 1. The van der Waals surface area contributed by atoms with Crippen molar-refractivity contribution in [2.75, 3.05) is 5.75 Å². The third-order valence-corrected chi connectivity index (χ3v) is 4.39. The Labute approximate surface area is 105 Å². The van der Waals surface area contributed by atoms with Gasteiger partial charge in [-0.3, -0.25) is 9.00 Å². The summed E-state index contributed by atoms with van der Waals surface area (Å²) in [5.74, 6) is -0.824. The van der Waals surface area contributed by atoms with Crippen LogP contribution in [0, 0.1) is 5.41 Å². The molecule has 0 aliphatic carbocycles. The number of carboxylic acids is 1. The van der Waals surface area contributed by atoms with E-state index < -0.39 is 22.2 Å². The number of rotatable bonds is 4. The fraction of sp³-hybridized carbons (Fsp3) is 0.364. The van der Waals surface area contributed by atoms with Crippen LogP contribution in [-0.2, 0) is 15.6 Å². The molecule has 16 heavy (non-hydrogen) atoms. The molecule has 0 heterocycles. The highest BCUT2D eigenvalue weighted by atomic mass is 79.9. The van der Waals surface area contributed by atoms with Gasteiger partial charge in [-0.1, -0.05) is 22.0 Å². The highest BCUT2D eigenvalue weighted by Crippen LogP contribution is 2.22. The lowest BCUT2D eigenvalue weighted by atomic mass is 9.97. The molecule has 0 saturated carbocycles. The monoisotopic (exact) mass is 304 g/mol. The number of halogens is 1. The maximum Gasteiger partial charge on any atom is 0.310 e. The van der Waals surface area contributed by atoms with Crippen LogP contribution in [0.5, 0.6) is 0 Å². The van der Waals surface area contributed by atoms with E-state index in [1.165, 1.54) is 0 Å². The van der Waals surface area contributed by atoms with Crippen LogP contribution in [0.25, 0.3) is 0 Å². The Morgan fingerprint density at radius 3 is 2.62 bits per heavy atom. The summed E-state index contributed by atoms with van der Waals surface area (Å²) < 4.78 is 12.8. The zero-order valence-electron chi connectivity index (χ0n) is 9.07. The van der Waals surface area contributed by atoms with E-state index in [0.717, 1.165) is 4.47 Å². The smallest absolute Gasteiger partial charge is 0.310 e. The van der Waals surface area contributed by atoms with Gasteiger partial charge in [-0.05, 0) is 32.0 Å². The van der Waals surface area contributed by atoms with Gasteiger partial charge in [-0.2, -0.15) is 0 Å². The summed E-state index contributed by atoms with van der Waals surface area (Å²) >= 11 is 3.29. The summed E-state index contributed by atoms with van der Waals surface area (Å²) in [6.45, 7) is 3.15. The van der Waals surface area contributed by atoms with E-state index in [2.05, 4.69) is 15.9 Å². The molecule has 1 rings (SSSR count). The molecule has 0 spiro atoms. The lowest BCUT2D eigenvalue weighted by Crippen LogP contribution is -2.30. The third kappa shape index (κ3) is 3.42. The van der Waals surface area contributed by atoms with Gasteiger partial charge in [0.2, 0.25) is 0 Å². The molecule has 0 aliphatic rings. The lowest BCUT2D eigenvalue weighted by Gasteiger charge is -2.18. The second-order valence-corrected chi connectivity index (χ2v) is 6.50. The van der Waals surface area contributed by atoms with E-state index in [4.69, 9.17) is 5.11 Å². The first-order valence-electron chi connectivity index (χ1n) is 4.70. The van der Waals surface area contributed by atoms with Gasteiger partial charge in [-0.25, -0.2) is 0 Å². The van der Waals surface area contributed by atoms with Gasteiger partial charge in [0, 0.05) is 15.1 Å². The Bertz CT molecular complexity index is 429. The molecule has 5 heteroatoms. The van der Waals surface area contributed by atoms with Crippen LogP contribution in [0.4, 0.5) is 0 Å². The van der Waals surface area contributed by atoms with Crippen molar-refractivity contribution in [2.24, 2.45) is 5.41 Å². The summed E-state index contributed by atoms with van der Waals surface area (Å²) in [4.78, 5) is 11.6. The van der Waals surface area contributed by atoms with Crippen molar-refractivity contribution in [3.63, 3.8) is 0 Å². The average Bonchev–Trinajstić information content (AvgIpc) is 2.16. The predicted octanol–water partition coefficient (Wildman–Crippen LogP) is 2.67. The van der Waals surface area contributed by atoms with Crippen LogP contribution in [0.2, 0.25) is 0 Å². The summed E-state index contributed by atoms with van der Waals surface area (Å²) in [6, 6.07) is 7.10. The molecule has 0 bridgehead atoms. The number of aliphatic carboxylic acids is 1. The molecule has 3 nitrogen and oxygen atoms in total. The Morgan fingerprint density at radius 1 is 1.50 bits per heavy atom. The number of hydrogen-bond acceptors (Lipinski definition) is 2. The van der Waals surface area contributed by atoms with Gasteiger partial charge in [-0.15, -0.1) is 0 Å². The first kappa shape index (κ1) is 13.4. The molecule has 0 fully saturated rings. The second-order valence-electron chi connectivity index (χ2n) is 4.14. The summed E-state index contributed by atoms with van der Waals surface area (Å²) in [5.41, 5.74) is -0.979. The zero-order chi connectivity index (χ0) is 12.3. The third-order valence-electron chi connectivity index (χ3n) is 2.13. The van der Waals surface area contributed by atoms with Crippen LogP contribution in [0.1, 0.15) is 13.8 Å². The van der Waals surface area contributed by atoms with Crippen LogP contribution >= 0.6 is 15.9 Å². The van der Waals surface area contributed by atoms with Crippen LogP contribution in [0.3, 0.4) is 0 Å². The molecule has 0 amide bonds. The highest BCUT2D eigenvalue weighted by Gasteiger charge is 2.29. The fourth-order valence-electron chi connectivity index (χ4n) is 1.08. The van der Waals surface area contributed by atoms with Crippen molar-refractivity contribution in [1.82, 2.24) is 0 Å². The maximum atomic E-state index is 11.9. The van der Waals surface area contributed by atoms with Gasteiger partial charge in [0.15, 0.2) is 0 Å². The van der Waals surface area contributed by atoms with Crippen molar-refractivity contribution in [1.29, 1.82) is 0 Å². The molecule has 0 aromatic heterocycles. The molecule has 88 valence electrons. The minimum Gasteiger partial charge on any atom is -0.481 e. The van der Waals surface area contributed by atoms with E-state index in [-0.39, 0.29) is 5.75 Å². The largest absolute Gasteiger partial charge is 0.481 e. The number of benzene rings is 1. The van der Waals surface area contributed by atoms with Crippen molar-refractivity contribution in [3.8, 4) is 0 Å². The first-order valence-corrected chi connectivity index (χ1v) is 6.81. The summed E-state index contributed by atoms with van der Waals surface area (Å²) in [5, 5.41) is 8.95. The molecule has 1 N–H and O–H groups in total. The molecular weight excluding hydrogens is 292 g/mol. The van der Waals surface area contributed by atoms with E-state index in [1.807, 2.05) is 6.07 Å². The van der Waals surface area contributed by atoms with Crippen LogP contribution < -0.4 is 0 Å². The standard InChI is InChI=1S/C11H13BrO3S/c1-11(2,10(13)14)7-16(15)9-5-3-4-8(12)6-9/h3-6H,7H2,1-2H3,(H,13,14). The Balaban J connectivity index is 2.85. The quantitative estimate of drug-likeness (QED) is 0.930. The van der Waals surface area contributed by atoms with Crippen LogP contribution in [0.15, 0.2) is 33.6 Å². The molecular formula is C11H13BrO3S. The van der Waals surface area contributed by atoms with Crippen molar-refractivity contribution in [3.05, 3.63) is 28.7 Å². The Hall–Kier alpha value is -0.680. The van der Waals surface area contributed by atoms with Crippen molar-refractivity contribution < 1.29 is 14.1 Å². The normalized spacial score (nSPS) is 13.4. The fourth-order valence-corrected chi connectivity index (χ4v) is 3.07. The molecule has 1 aromatic rings. The highest BCUT2D eigenvalue weighted by molar-refractivity contribution is 9.10. The van der Waals surface area contributed by atoms with Crippen molar-refractivity contribution in [2.45, 2.75) is 18.7 Å². The zero-order valence-corrected chi connectivity index (χ0v) is 11.5. The minimum absolute atomic E-state index is 0.110. The molecule has 0 aliphatic heterocycles. The van der Waals surface area contributed by atoms with Gasteiger partial charge in [0.25, 0.3) is 0 Å². The summed E-state index contributed by atoms with van der Waals surface area (Å²) in [7, 11) is -1.29. The van der Waals surface area contributed by atoms with E-state index in [9.17, 15) is 9.00 Å². The van der Waals surface area contributed by atoms with E-state index in [0.29, 0.717) is 4.90 Å². The van der Waals surface area contributed by atoms with Gasteiger partial charge >= 0.3 is 5.97 Å². The van der Waals surface area contributed by atoms with E-state index >= 15 is 0 Å². The molecule has 0 saturated heterocycles. The van der Waals surface area contributed by atoms with Gasteiger partial charge < -0.3 is 5.11 Å². The SMILES string of the molecule is CC(C)(CS(=O)c1cccc(Br)c1)C(=O)O. The minimum atomic E-state index is -1.29. The van der Waals surface area contributed by atoms with Gasteiger partial charge in [0.05, 0.1) is 16.2 Å². The average molecular weight is 305 g/mol. The Morgan fingerprint density at radius 2 is 2.12 bits per heavy atom. The lowest BCUT2D eigenvalue weighted by molar-refractivity contribution is -0.145. The molecule has 1 aromatic carbocycles. The topological polar surface area (TPSA) is 54.4 Å². The number of carboxylic acid groups (broad SMARTS) is 1. The number of hydrogen-bond donors (Lipinski definition) is 1. The molecule has 1 unspecified atom stereocenters. The first-order chi connectivity index (χ1) is 7.33. The maximum absolute atomic E-state index is 11.9. The summed E-state index contributed by atoms with van der Waals surface area (Å²) in [6.07, 6.45) is 0. The second kappa shape index (κ2) is 5.10. The molecule has 0 radical (unpaired) electrons. The van der Waals surface area contributed by atoms with E-state index in [1.54, 1.807) is 32.0 Å². The predicted molar refractivity (Wildman–Crippen MR) is 66.8 cm³/mol.